The predicted octanol–water partition coefficient (Wildman–Crippen LogP) is 6.14. The van der Waals surface area contributed by atoms with Gasteiger partial charge in [-0.25, -0.2) is 0 Å². The van der Waals surface area contributed by atoms with Crippen LogP contribution in [0.4, 0.5) is 18.9 Å². The van der Waals surface area contributed by atoms with E-state index in [1.807, 2.05) is 0 Å². The molecule has 0 radical (unpaired) electrons. The molecule has 1 unspecified atom stereocenters. The maximum absolute atomic E-state index is 13.0. The number of alkyl halides is 3. The van der Waals surface area contributed by atoms with E-state index in [2.05, 4.69) is 5.32 Å². The summed E-state index contributed by atoms with van der Waals surface area (Å²) < 4.78 is 39.1. The van der Waals surface area contributed by atoms with E-state index < -0.39 is 35.9 Å². The Labute approximate surface area is 206 Å². The van der Waals surface area contributed by atoms with Crippen molar-refractivity contribution < 1.29 is 27.6 Å². The first-order valence-electron chi connectivity index (χ1n) is 10.6. The Balaban J connectivity index is 2.47. The van der Waals surface area contributed by atoms with Crippen molar-refractivity contribution >= 4 is 46.5 Å². The smallest absolute Gasteiger partial charge is 0.346 e. The number of rotatable bonds is 9. The van der Waals surface area contributed by atoms with Crippen LogP contribution in [-0.4, -0.2) is 29.8 Å². The molecule has 2 rings (SSSR count). The Morgan fingerprint density at radius 1 is 1.00 bits per heavy atom. The van der Waals surface area contributed by atoms with E-state index >= 15 is 0 Å². The van der Waals surface area contributed by atoms with Crippen molar-refractivity contribution in [1.82, 2.24) is 5.32 Å². The summed E-state index contributed by atoms with van der Waals surface area (Å²) in [6, 6.07) is 10.5. The maximum Gasteiger partial charge on any atom is 0.452 e. The average Bonchev–Trinajstić information content (AvgIpc) is 2.78. The molecular formula is C24H25Cl2F3N2O3. The number of halogens is 5. The lowest BCUT2D eigenvalue weighted by Crippen LogP contribution is -2.50. The Hall–Kier alpha value is -2.58. The highest BCUT2D eigenvalue weighted by atomic mass is 35.5. The molecule has 34 heavy (non-hydrogen) atoms. The zero-order valence-corrected chi connectivity index (χ0v) is 20.3. The number of benzene rings is 2. The summed E-state index contributed by atoms with van der Waals surface area (Å²) in [4.78, 5) is 39.1. The van der Waals surface area contributed by atoms with Crippen LogP contribution in [-0.2, 0) is 14.4 Å². The summed E-state index contributed by atoms with van der Waals surface area (Å²) >= 11 is 12.2. The van der Waals surface area contributed by atoms with Crippen LogP contribution in [0, 0.1) is 5.92 Å². The normalized spacial score (nSPS) is 13.3. The SMILES string of the molecule is CCC(=O)N(c1ccc(Cl)c(Cl)c1)C(CC(=O)N[C@H](C(=O)C(F)(F)F)C(C)C)c1ccccc1. The minimum Gasteiger partial charge on any atom is -0.346 e. The molecule has 2 atom stereocenters. The van der Waals surface area contributed by atoms with Crippen LogP contribution < -0.4 is 10.2 Å². The first-order chi connectivity index (χ1) is 15.9. The van der Waals surface area contributed by atoms with Gasteiger partial charge in [0.2, 0.25) is 11.8 Å². The Bertz CT molecular complexity index is 1030. The van der Waals surface area contributed by atoms with Gasteiger partial charge in [0.15, 0.2) is 0 Å². The number of carbonyl (C=O) groups excluding carboxylic acids is 3. The number of ketones is 1. The van der Waals surface area contributed by atoms with Crippen molar-refractivity contribution in [3.8, 4) is 0 Å². The number of carbonyl (C=O) groups is 3. The zero-order valence-electron chi connectivity index (χ0n) is 18.8. The molecule has 184 valence electrons. The van der Waals surface area contributed by atoms with E-state index in [0.29, 0.717) is 11.3 Å². The van der Waals surface area contributed by atoms with Crippen molar-refractivity contribution in [3.63, 3.8) is 0 Å². The van der Waals surface area contributed by atoms with Crippen LogP contribution in [0.1, 0.15) is 45.2 Å². The minimum atomic E-state index is -5.09. The van der Waals surface area contributed by atoms with Gasteiger partial charge in [0.1, 0.15) is 0 Å². The number of amides is 2. The number of nitrogens with one attached hydrogen (secondary N) is 1. The summed E-state index contributed by atoms with van der Waals surface area (Å²) in [6.45, 7) is 4.46. The topological polar surface area (TPSA) is 66.5 Å². The summed E-state index contributed by atoms with van der Waals surface area (Å²) in [5, 5.41) is 2.68. The van der Waals surface area contributed by atoms with Crippen LogP contribution in [0.25, 0.3) is 0 Å². The molecule has 1 N–H and O–H groups in total. The number of Topliss-reactive ketones (excluding diaryl/α,β-unsaturated/α-hetero) is 1. The molecule has 2 aromatic carbocycles. The highest BCUT2D eigenvalue weighted by Crippen LogP contribution is 2.34. The highest BCUT2D eigenvalue weighted by molar-refractivity contribution is 6.42. The Morgan fingerprint density at radius 3 is 2.12 bits per heavy atom. The van der Waals surface area contributed by atoms with Crippen molar-refractivity contribution in [1.29, 1.82) is 0 Å². The molecule has 0 aliphatic heterocycles. The van der Waals surface area contributed by atoms with E-state index in [9.17, 15) is 27.6 Å². The van der Waals surface area contributed by atoms with Crippen LogP contribution in [0.15, 0.2) is 48.5 Å². The molecule has 0 fully saturated rings. The first kappa shape index (κ1) is 27.7. The number of anilines is 1. The molecule has 10 heteroatoms. The van der Waals surface area contributed by atoms with Crippen LogP contribution in [0.3, 0.4) is 0 Å². The predicted molar refractivity (Wildman–Crippen MR) is 126 cm³/mol. The van der Waals surface area contributed by atoms with Crippen molar-refractivity contribution in [2.45, 2.75) is 51.9 Å². The van der Waals surface area contributed by atoms with Gasteiger partial charge in [0, 0.05) is 12.1 Å². The lowest BCUT2D eigenvalue weighted by molar-refractivity contribution is -0.174. The fourth-order valence-corrected chi connectivity index (χ4v) is 3.75. The lowest BCUT2D eigenvalue weighted by atomic mass is 9.97. The second-order valence-corrected chi connectivity index (χ2v) is 8.81. The van der Waals surface area contributed by atoms with Gasteiger partial charge in [-0.1, -0.05) is 74.3 Å². The van der Waals surface area contributed by atoms with E-state index in [1.54, 1.807) is 43.3 Å². The third-order valence-electron chi connectivity index (χ3n) is 5.17. The van der Waals surface area contributed by atoms with Gasteiger partial charge >= 0.3 is 6.18 Å². The molecule has 0 spiro atoms. The molecule has 0 aliphatic rings. The average molecular weight is 517 g/mol. The lowest BCUT2D eigenvalue weighted by Gasteiger charge is -2.33. The van der Waals surface area contributed by atoms with E-state index in [4.69, 9.17) is 23.2 Å². The van der Waals surface area contributed by atoms with Gasteiger partial charge in [-0.3, -0.25) is 14.4 Å². The summed E-state index contributed by atoms with van der Waals surface area (Å²) in [5.74, 6) is -3.97. The van der Waals surface area contributed by atoms with Crippen molar-refractivity contribution in [3.05, 3.63) is 64.1 Å². The molecule has 2 aromatic rings. The zero-order chi connectivity index (χ0) is 25.6. The number of hydrogen-bond acceptors (Lipinski definition) is 3. The summed E-state index contributed by atoms with van der Waals surface area (Å²) in [7, 11) is 0. The molecule has 0 aliphatic carbocycles. The minimum absolute atomic E-state index is 0.0897. The third-order valence-corrected chi connectivity index (χ3v) is 5.91. The fraction of sp³-hybridized carbons (Fsp3) is 0.375. The van der Waals surface area contributed by atoms with E-state index in [-0.39, 0.29) is 28.8 Å². The van der Waals surface area contributed by atoms with E-state index in [0.717, 1.165) is 0 Å². The van der Waals surface area contributed by atoms with Gasteiger partial charge in [-0.2, -0.15) is 13.2 Å². The molecule has 0 saturated carbocycles. The molecular weight excluding hydrogens is 492 g/mol. The molecule has 5 nitrogen and oxygen atoms in total. The van der Waals surface area contributed by atoms with Gasteiger partial charge in [0.05, 0.1) is 28.5 Å². The second-order valence-electron chi connectivity index (χ2n) is 8.00. The number of nitrogens with zero attached hydrogens (tertiary/aromatic N) is 1. The quantitative estimate of drug-likeness (QED) is 0.435. The summed E-state index contributed by atoms with van der Waals surface area (Å²) in [6.07, 6.45) is -5.39. The molecule has 0 heterocycles. The molecule has 2 amide bonds. The third kappa shape index (κ3) is 6.96. The van der Waals surface area contributed by atoms with Crippen molar-refractivity contribution in [2.75, 3.05) is 4.90 Å². The van der Waals surface area contributed by atoms with Gasteiger partial charge in [-0.05, 0) is 29.7 Å². The van der Waals surface area contributed by atoms with Crippen LogP contribution in [0.2, 0.25) is 10.0 Å². The Morgan fingerprint density at radius 2 is 1.62 bits per heavy atom. The highest BCUT2D eigenvalue weighted by Gasteiger charge is 2.45. The molecule has 0 bridgehead atoms. The Kier molecular flexibility index (Phi) is 9.53. The fourth-order valence-electron chi connectivity index (χ4n) is 3.46. The van der Waals surface area contributed by atoms with Crippen LogP contribution >= 0.6 is 23.2 Å². The second kappa shape index (κ2) is 11.7. The van der Waals surface area contributed by atoms with Crippen LogP contribution in [0.5, 0.6) is 0 Å². The van der Waals surface area contributed by atoms with Gasteiger partial charge in [-0.15, -0.1) is 0 Å². The monoisotopic (exact) mass is 516 g/mol. The summed E-state index contributed by atoms with van der Waals surface area (Å²) in [5.41, 5.74) is 0.948. The van der Waals surface area contributed by atoms with Gasteiger partial charge in [0.25, 0.3) is 5.78 Å². The molecule has 0 aromatic heterocycles. The largest absolute Gasteiger partial charge is 0.452 e. The van der Waals surface area contributed by atoms with Gasteiger partial charge < -0.3 is 10.2 Å². The molecule has 0 saturated heterocycles. The first-order valence-corrected chi connectivity index (χ1v) is 11.3. The van der Waals surface area contributed by atoms with Crippen molar-refractivity contribution in [2.24, 2.45) is 5.92 Å². The van der Waals surface area contributed by atoms with E-state index in [1.165, 1.54) is 30.9 Å². The standard InChI is InChI=1S/C24H25Cl2F3N2O3/c1-4-21(33)31(16-10-11-17(25)18(26)12-16)19(15-8-6-5-7-9-15)13-20(32)30-22(14(2)3)23(34)24(27,28)29/h5-12,14,19,22H,4,13H2,1-3H3,(H,30,32)/t19?,22-/m0/s1. The number of hydrogen-bond donors (Lipinski definition) is 1. The maximum atomic E-state index is 13.0.